The zero-order valence-corrected chi connectivity index (χ0v) is 13.0. The third-order valence-corrected chi connectivity index (χ3v) is 2.93. The van der Waals surface area contributed by atoms with Crippen molar-refractivity contribution in [3.8, 4) is 0 Å². The molecule has 120 valence electrons. The molecule has 0 aliphatic rings. The van der Waals surface area contributed by atoms with Crippen molar-refractivity contribution in [2.75, 3.05) is 18.9 Å². The molecule has 0 saturated carbocycles. The van der Waals surface area contributed by atoms with Gasteiger partial charge < -0.3 is 15.2 Å². The number of hydrogen-bond acceptors (Lipinski definition) is 5. The molecule has 0 spiro atoms. The topological polar surface area (TPSA) is 78.6 Å². The molecule has 1 aromatic carbocycles. The van der Waals surface area contributed by atoms with Crippen LogP contribution >= 0.6 is 0 Å². The number of ether oxygens (including phenoxy) is 2. The highest BCUT2D eigenvalue weighted by molar-refractivity contribution is 5.86. The Labute approximate surface area is 131 Å². The number of unbranched alkanes of at least 4 members (excludes halogenated alkanes) is 2. The van der Waals surface area contributed by atoms with Crippen LogP contribution in [0.2, 0.25) is 0 Å². The largest absolute Gasteiger partial charge is 0.465 e. The fraction of sp³-hybridized carbons (Fsp3) is 0.412. The normalized spacial score (nSPS) is 10.0. The predicted molar refractivity (Wildman–Crippen MR) is 85.1 cm³/mol. The van der Waals surface area contributed by atoms with Crippen LogP contribution in [-0.4, -0.2) is 25.2 Å². The van der Waals surface area contributed by atoms with Gasteiger partial charge in [-0.1, -0.05) is 18.7 Å². The van der Waals surface area contributed by atoms with Crippen LogP contribution in [0.1, 0.15) is 31.7 Å². The summed E-state index contributed by atoms with van der Waals surface area (Å²) in [6.45, 7) is 5.85. The molecule has 0 aliphatic heterocycles. The zero-order valence-electron chi connectivity index (χ0n) is 13.0. The minimum absolute atomic E-state index is 0.223. The van der Waals surface area contributed by atoms with E-state index in [4.69, 9.17) is 15.2 Å². The first-order chi connectivity index (χ1) is 10.5. The van der Waals surface area contributed by atoms with Crippen molar-refractivity contribution in [2.24, 2.45) is 0 Å². The third kappa shape index (κ3) is 7.47. The van der Waals surface area contributed by atoms with E-state index >= 15 is 0 Å². The van der Waals surface area contributed by atoms with Gasteiger partial charge in [0.25, 0.3) is 0 Å². The molecular weight excluding hydrogens is 282 g/mol. The number of nitrogen functional groups attached to an aromatic ring is 1. The summed E-state index contributed by atoms with van der Waals surface area (Å²) < 4.78 is 10.1. The van der Waals surface area contributed by atoms with Gasteiger partial charge in [-0.2, -0.15) is 0 Å². The van der Waals surface area contributed by atoms with Crippen molar-refractivity contribution < 1.29 is 19.1 Å². The van der Waals surface area contributed by atoms with E-state index in [9.17, 15) is 9.59 Å². The third-order valence-electron chi connectivity index (χ3n) is 2.93. The molecule has 0 aliphatic carbocycles. The molecule has 5 nitrogen and oxygen atoms in total. The molecule has 0 radical (unpaired) electrons. The summed E-state index contributed by atoms with van der Waals surface area (Å²) >= 11 is 0. The van der Waals surface area contributed by atoms with E-state index < -0.39 is 0 Å². The summed E-state index contributed by atoms with van der Waals surface area (Å²) in [6, 6.07) is 7.18. The summed E-state index contributed by atoms with van der Waals surface area (Å²) in [5.41, 5.74) is 7.53. The fourth-order valence-corrected chi connectivity index (χ4v) is 1.78. The SMILES string of the molecule is C=C(C)C(=O)OCCCCCOC(=O)Cc1cccc(N)c1. The van der Waals surface area contributed by atoms with Crippen molar-refractivity contribution in [3.05, 3.63) is 42.0 Å². The van der Waals surface area contributed by atoms with Crippen LogP contribution in [0.3, 0.4) is 0 Å². The number of carbonyl (C=O) groups excluding carboxylic acids is 2. The van der Waals surface area contributed by atoms with Gasteiger partial charge in [0.2, 0.25) is 0 Å². The maximum atomic E-state index is 11.6. The predicted octanol–water partition coefficient (Wildman–Crippen LogP) is 2.64. The van der Waals surface area contributed by atoms with E-state index in [1.165, 1.54) is 0 Å². The molecule has 0 aromatic heterocycles. The van der Waals surface area contributed by atoms with Gasteiger partial charge in [0, 0.05) is 11.3 Å². The van der Waals surface area contributed by atoms with E-state index in [1.54, 1.807) is 19.1 Å². The van der Waals surface area contributed by atoms with Gasteiger partial charge in [-0.3, -0.25) is 4.79 Å². The van der Waals surface area contributed by atoms with Crippen LogP contribution in [0.25, 0.3) is 0 Å². The second-order valence-electron chi connectivity index (χ2n) is 5.12. The van der Waals surface area contributed by atoms with Gasteiger partial charge in [0.15, 0.2) is 0 Å². The molecule has 0 saturated heterocycles. The monoisotopic (exact) mass is 305 g/mol. The Morgan fingerprint density at radius 2 is 1.82 bits per heavy atom. The molecule has 0 fully saturated rings. The van der Waals surface area contributed by atoms with Crippen LogP contribution < -0.4 is 5.73 Å². The minimum atomic E-state index is -0.367. The van der Waals surface area contributed by atoms with E-state index in [0.29, 0.717) is 24.5 Å². The number of esters is 2. The first-order valence-electron chi connectivity index (χ1n) is 7.31. The lowest BCUT2D eigenvalue weighted by Crippen LogP contribution is -2.10. The fourth-order valence-electron chi connectivity index (χ4n) is 1.78. The average Bonchev–Trinajstić information content (AvgIpc) is 2.45. The number of carbonyl (C=O) groups is 2. The van der Waals surface area contributed by atoms with Crippen molar-refractivity contribution in [3.63, 3.8) is 0 Å². The molecular formula is C17H23NO4. The molecule has 1 aromatic rings. The molecule has 0 atom stereocenters. The molecule has 0 unspecified atom stereocenters. The number of hydrogen-bond donors (Lipinski definition) is 1. The lowest BCUT2D eigenvalue weighted by Gasteiger charge is -2.06. The van der Waals surface area contributed by atoms with Crippen LogP contribution in [-0.2, 0) is 25.5 Å². The second-order valence-corrected chi connectivity index (χ2v) is 5.12. The Morgan fingerprint density at radius 1 is 1.14 bits per heavy atom. The Hall–Kier alpha value is -2.30. The van der Waals surface area contributed by atoms with Crippen molar-refractivity contribution in [2.45, 2.75) is 32.6 Å². The quantitative estimate of drug-likeness (QED) is 0.328. The first kappa shape index (κ1) is 17.8. The standard InChI is InChI=1S/C17H23NO4/c1-13(2)17(20)22-10-5-3-4-9-21-16(19)12-14-7-6-8-15(18)11-14/h6-8,11H,1,3-5,9-10,12,18H2,2H3. The zero-order chi connectivity index (χ0) is 16.4. The molecule has 5 heteroatoms. The molecule has 0 bridgehead atoms. The van der Waals surface area contributed by atoms with Crippen molar-refractivity contribution in [1.82, 2.24) is 0 Å². The Morgan fingerprint density at radius 3 is 2.45 bits per heavy atom. The highest BCUT2D eigenvalue weighted by atomic mass is 16.5. The highest BCUT2D eigenvalue weighted by Crippen LogP contribution is 2.08. The minimum Gasteiger partial charge on any atom is -0.465 e. The number of anilines is 1. The van der Waals surface area contributed by atoms with Gasteiger partial charge >= 0.3 is 11.9 Å². The lowest BCUT2D eigenvalue weighted by molar-refractivity contribution is -0.142. The van der Waals surface area contributed by atoms with E-state index in [2.05, 4.69) is 6.58 Å². The number of rotatable bonds is 9. The van der Waals surface area contributed by atoms with E-state index in [1.807, 2.05) is 12.1 Å². The Bertz CT molecular complexity index is 525. The van der Waals surface area contributed by atoms with Gasteiger partial charge in [-0.15, -0.1) is 0 Å². The molecule has 0 heterocycles. The maximum absolute atomic E-state index is 11.6. The maximum Gasteiger partial charge on any atom is 0.333 e. The molecule has 22 heavy (non-hydrogen) atoms. The molecule has 1 rings (SSSR count). The van der Waals surface area contributed by atoms with Gasteiger partial charge in [-0.25, -0.2) is 4.79 Å². The Balaban J connectivity index is 2.06. The molecule has 2 N–H and O–H groups in total. The van der Waals surface area contributed by atoms with Crippen LogP contribution in [0, 0.1) is 0 Å². The molecule has 0 amide bonds. The number of benzene rings is 1. The van der Waals surface area contributed by atoms with Crippen LogP contribution in [0.15, 0.2) is 36.4 Å². The van der Waals surface area contributed by atoms with Gasteiger partial charge in [0.1, 0.15) is 0 Å². The van der Waals surface area contributed by atoms with Crippen molar-refractivity contribution >= 4 is 17.6 Å². The van der Waals surface area contributed by atoms with E-state index in [0.717, 1.165) is 24.8 Å². The van der Waals surface area contributed by atoms with Gasteiger partial charge in [0.05, 0.1) is 19.6 Å². The summed E-state index contributed by atoms with van der Waals surface area (Å²) in [5.74, 6) is -0.632. The average molecular weight is 305 g/mol. The van der Waals surface area contributed by atoms with Crippen molar-refractivity contribution in [1.29, 1.82) is 0 Å². The Kier molecular flexibility index (Phi) is 7.75. The second kappa shape index (κ2) is 9.60. The summed E-state index contributed by atoms with van der Waals surface area (Å²) in [5, 5.41) is 0. The number of nitrogens with two attached hydrogens (primary N) is 1. The summed E-state index contributed by atoms with van der Waals surface area (Å²) in [4.78, 5) is 22.8. The summed E-state index contributed by atoms with van der Waals surface area (Å²) in [7, 11) is 0. The lowest BCUT2D eigenvalue weighted by atomic mass is 10.1. The highest BCUT2D eigenvalue weighted by Gasteiger charge is 2.05. The first-order valence-corrected chi connectivity index (χ1v) is 7.31. The summed E-state index contributed by atoms with van der Waals surface area (Å²) in [6.07, 6.45) is 2.54. The van der Waals surface area contributed by atoms with Crippen LogP contribution in [0.5, 0.6) is 0 Å². The van der Waals surface area contributed by atoms with E-state index in [-0.39, 0.29) is 18.4 Å². The smallest absolute Gasteiger partial charge is 0.333 e. The van der Waals surface area contributed by atoms with Crippen LogP contribution in [0.4, 0.5) is 5.69 Å². The van der Waals surface area contributed by atoms with Gasteiger partial charge in [-0.05, 0) is 43.9 Å².